The second-order valence-electron chi connectivity index (χ2n) is 5.78. The number of hydrogen-bond acceptors (Lipinski definition) is 2. The van der Waals surface area contributed by atoms with E-state index in [9.17, 15) is 0 Å². The molecule has 0 amide bonds. The monoisotopic (exact) mass is 260 g/mol. The zero-order valence-corrected chi connectivity index (χ0v) is 12.4. The van der Waals surface area contributed by atoms with Crippen molar-refractivity contribution in [1.29, 1.82) is 0 Å². The first-order valence-corrected chi connectivity index (χ1v) is 7.02. The van der Waals surface area contributed by atoms with Crippen LogP contribution < -0.4 is 4.57 Å². The maximum Gasteiger partial charge on any atom is 0.261 e. The number of aryl methyl sites for hydroxylation is 2. The van der Waals surface area contributed by atoms with Crippen LogP contribution in [0, 0.1) is 6.17 Å². The smallest absolute Gasteiger partial charge is 0.236 e. The molecule has 102 valence electrons. The van der Waals surface area contributed by atoms with Crippen LogP contribution in [-0.4, -0.2) is 17.0 Å². The lowest BCUT2D eigenvalue weighted by molar-refractivity contribution is -0.682. The summed E-state index contributed by atoms with van der Waals surface area (Å²) in [7, 11) is 2.13. The van der Waals surface area contributed by atoms with E-state index in [1.54, 1.807) is 12.4 Å². The highest BCUT2D eigenvalue weighted by Crippen LogP contribution is 2.29. The molecule has 0 aromatic carbocycles. The first-order chi connectivity index (χ1) is 9.04. The molecule has 19 heavy (non-hydrogen) atoms. The Hall–Kier alpha value is -1.58. The molecule has 2 heterocycles. The highest BCUT2D eigenvalue weighted by atomic mass is 15.1. The van der Waals surface area contributed by atoms with Gasteiger partial charge in [0.25, 0.3) is 5.82 Å². The molecule has 4 nitrogen and oxygen atoms in total. The van der Waals surface area contributed by atoms with E-state index in [1.165, 1.54) is 5.82 Å². The normalized spacial score (nSPS) is 14.6. The maximum atomic E-state index is 4.26. The van der Waals surface area contributed by atoms with Gasteiger partial charge in [-0.1, -0.05) is 16.9 Å². The highest BCUT2D eigenvalue weighted by Gasteiger charge is 2.35. The average molecular weight is 260 g/mol. The Kier molecular flexibility index (Phi) is 4.08. The molecule has 0 fully saturated rings. The van der Waals surface area contributed by atoms with E-state index in [2.05, 4.69) is 59.3 Å². The molecule has 2 rings (SSSR count). The molecular formula is C15H24N4+2. The van der Waals surface area contributed by atoms with Gasteiger partial charge in [0.2, 0.25) is 6.17 Å². The Labute approximate surface area is 115 Å². The Balaban J connectivity index is 2.11. The van der Waals surface area contributed by atoms with Crippen molar-refractivity contribution in [2.24, 2.45) is 17.0 Å². The van der Waals surface area contributed by atoms with Crippen LogP contribution in [0.3, 0.4) is 0 Å². The molecule has 0 aliphatic carbocycles. The van der Waals surface area contributed by atoms with Gasteiger partial charge in [0.1, 0.15) is 12.4 Å². The number of aromatic nitrogens is 2. The predicted molar refractivity (Wildman–Crippen MR) is 78.4 cm³/mol. The Morgan fingerprint density at radius 2 is 2.00 bits per heavy atom. The maximum absolute atomic E-state index is 4.26. The van der Waals surface area contributed by atoms with E-state index in [1.807, 2.05) is 0 Å². The number of rotatable bonds is 6. The summed E-state index contributed by atoms with van der Waals surface area (Å²) in [6, 6.07) is 0. The molecule has 0 bridgehead atoms. The Bertz CT molecular complexity index is 470. The predicted octanol–water partition coefficient (Wildman–Crippen LogP) is 2.43. The molecule has 0 radical (unpaired) electrons. The number of imidazole rings is 1. The lowest BCUT2D eigenvalue weighted by Crippen LogP contribution is -2.40. The van der Waals surface area contributed by atoms with Crippen LogP contribution >= 0.6 is 0 Å². The first-order valence-electron chi connectivity index (χ1n) is 7.02. The first kappa shape index (κ1) is 13.8. The summed E-state index contributed by atoms with van der Waals surface area (Å²) in [6.45, 7) is 7.90. The van der Waals surface area contributed by atoms with Crippen molar-refractivity contribution >= 4 is 12.4 Å². The van der Waals surface area contributed by atoms with Crippen LogP contribution in [0.4, 0.5) is 0 Å². The fourth-order valence-electron chi connectivity index (χ4n) is 2.75. The third kappa shape index (κ3) is 3.06. The summed E-state index contributed by atoms with van der Waals surface area (Å²) in [4.78, 5) is 8.51. The topological polar surface area (TPSA) is 33.5 Å². The van der Waals surface area contributed by atoms with E-state index >= 15 is 0 Å². The minimum absolute atomic E-state index is 0.119. The molecule has 1 aliphatic heterocycles. The second-order valence-corrected chi connectivity index (χ2v) is 5.78. The average Bonchev–Trinajstić information content (AvgIpc) is 2.97. The Morgan fingerprint density at radius 3 is 2.63 bits per heavy atom. The van der Waals surface area contributed by atoms with Gasteiger partial charge < -0.3 is 0 Å². The van der Waals surface area contributed by atoms with E-state index in [0.717, 1.165) is 32.0 Å². The summed E-state index contributed by atoms with van der Waals surface area (Å²) in [5.41, 5.74) is 0.119. The van der Waals surface area contributed by atoms with Crippen molar-refractivity contribution in [3.8, 4) is 0 Å². The van der Waals surface area contributed by atoms with Gasteiger partial charge in [0, 0.05) is 0 Å². The third-order valence-electron chi connectivity index (χ3n) is 3.63. The van der Waals surface area contributed by atoms with Crippen molar-refractivity contribution in [1.82, 2.24) is 4.57 Å². The van der Waals surface area contributed by atoms with Gasteiger partial charge in [-0.3, -0.25) is 0 Å². The van der Waals surface area contributed by atoms with Crippen molar-refractivity contribution in [3.63, 3.8) is 0 Å². The van der Waals surface area contributed by atoms with Crippen molar-refractivity contribution in [3.05, 3.63) is 24.4 Å². The largest absolute Gasteiger partial charge is 0.261 e. The van der Waals surface area contributed by atoms with E-state index in [-0.39, 0.29) is 5.41 Å². The molecule has 1 aromatic rings. The molecule has 0 saturated heterocycles. The third-order valence-corrected chi connectivity index (χ3v) is 3.63. The van der Waals surface area contributed by atoms with E-state index in [4.69, 9.17) is 0 Å². The SMILES string of the molecule is CCCn1cc[n+](C)c1C(C)(C)CC[C+]1N=CC=N1. The zero-order valence-electron chi connectivity index (χ0n) is 12.4. The van der Waals surface area contributed by atoms with Gasteiger partial charge in [-0.05, 0) is 26.7 Å². The quantitative estimate of drug-likeness (QED) is 0.556. The van der Waals surface area contributed by atoms with Gasteiger partial charge in [0.05, 0.1) is 25.4 Å². The summed E-state index contributed by atoms with van der Waals surface area (Å²) < 4.78 is 4.60. The molecule has 0 spiro atoms. The van der Waals surface area contributed by atoms with E-state index in [0.29, 0.717) is 0 Å². The van der Waals surface area contributed by atoms with E-state index < -0.39 is 0 Å². The summed E-state index contributed by atoms with van der Waals surface area (Å²) >= 11 is 0. The summed E-state index contributed by atoms with van der Waals surface area (Å²) in [5, 5.41) is 0. The fourth-order valence-corrected chi connectivity index (χ4v) is 2.75. The standard InChI is InChI=1S/C15H24N4/c1-5-10-19-12-11-18(4)14(19)15(2,3)7-6-13-16-8-9-17-13/h8-9,11-12H,5-7,10H2,1-4H3/q+2. The van der Waals surface area contributed by atoms with Gasteiger partial charge >= 0.3 is 0 Å². The Morgan fingerprint density at radius 1 is 1.32 bits per heavy atom. The minimum Gasteiger partial charge on any atom is -0.236 e. The van der Waals surface area contributed by atoms with Gasteiger partial charge in [-0.15, -0.1) is 0 Å². The van der Waals surface area contributed by atoms with Crippen molar-refractivity contribution in [2.45, 2.75) is 52.0 Å². The molecule has 0 unspecified atom stereocenters. The summed E-state index contributed by atoms with van der Waals surface area (Å²) in [5.74, 6) is 1.38. The molecule has 1 aromatic heterocycles. The molecule has 1 aliphatic rings. The highest BCUT2D eigenvalue weighted by molar-refractivity contribution is 6.18. The lowest BCUT2D eigenvalue weighted by Gasteiger charge is -2.21. The van der Waals surface area contributed by atoms with Crippen LogP contribution in [0.1, 0.15) is 45.9 Å². The molecule has 0 saturated carbocycles. The minimum atomic E-state index is 0.119. The van der Waals surface area contributed by atoms with Crippen LogP contribution in [-0.2, 0) is 19.0 Å². The van der Waals surface area contributed by atoms with Gasteiger partial charge in [0.15, 0.2) is 12.4 Å². The summed E-state index contributed by atoms with van der Waals surface area (Å²) in [6.07, 6.45) is 11.9. The zero-order chi connectivity index (χ0) is 13.9. The molecule has 0 atom stereocenters. The number of aliphatic imine (C=N–C) groups is 2. The number of hydrogen-bond donors (Lipinski definition) is 0. The molecule has 4 heteroatoms. The molecular weight excluding hydrogens is 236 g/mol. The van der Waals surface area contributed by atoms with Crippen LogP contribution in [0.15, 0.2) is 22.4 Å². The van der Waals surface area contributed by atoms with Gasteiger partial charge in [-0.2, -0.15) is 0 Å². The van der Waals surface area contributed by atoms with Crippen molar-refractivity contribution < 1.29 is 4.57 Å². The lowest BCUT2D eigenvalue weighted by atomic mass is 9.86. The molecule has 0 N–H and O–H groups in total. The van der Waals surface area contributed by atoms with Crippen LogP contribution in [0.25, 0.3) is 0 Å². The van der Waals surface area contributed by atoms with Gasteiger partial charge in [-0.25, -0.2) is 9.13 Å². The number of nitrogens with zero attached hydrogens (tertiary/aromatic N) is 4. The van der Waals surface area contributed by atoms with Crippen molar-refractivity contribution in [2.75, 3.05) is 0 Å². The second kappa shape index (κ2) is 5.59. The van der Waals surface area contributed by atoms with Crippen LogP contribution in [0.2, 0.25) is 0 Å². The van der Waals surface area contributed by atoms with Crippen LogP contribution in [0.5, 0.6) is 0 Å². The fraction of sp³-hybridized carbons (Fsp3) is 0.600.